The van der Waals surface area contributed by atoms with Crippen LogP contribution in [0, 0.1) is 0 Å². The second-order valence-electron chi connectivity index (χ2n) is 2.61. The van der Waals surface area contributed by atoms with Crippen LogP contribution in [0.4, 0.5) is 0 Å². The lowest BCUT2D eigenvalue weighted by Gasteiger charge is -2.05. The summed E-state index contributed by atoms with van der Waals surface area (Å²) < 4.78 is 0.932. The molecule has 1 amide bonds. The van der Waals surface area contributed by atoms with Crippen molar-refractivity contribution in [3.8, 4) is 0 Å². The molecule has 5 heteroatoms. The van der Waals surface area contributed by atoms with Gasteiger partial charge in [-0.1, -0.05) is 15.9 Å². The van der Waals surface area contributed by atoms with Crippen LogP contribution < -0.4 is 5.32 Å². The maximum atomic E-state index is 11.4. The van der Waals surface area contributed by atoms with Crippen molar-refractivity contribution in [2.75, 3.05) is 6.54 Å². The number of carbonyl (C=O) groups is 1. The van der Waals surface area contributed by atoms with Gasteiger partial charge in [-0.25, -0.2) is 0 Å². The maximum absolute atomic E-state index is 11.4. The Kier molecular flexibility index (Phi) is 4.72. The SMILES string of the molecule is O=C(NCC(Cl)Cl)c1ccc(Br)cc1. The van der Waals surface area contributed by atoms with Gasteiger partial charge >= 0.3 is 0 Å². The highest BCUT2D eigenvalue weighted by Gasteiger charge is 2.06. The van der Waals surface area contributed by atoms with Crippen LogP contribution in [0.1, 0.15) is 10.4 Å². The zero-order valence-electron chi connectivity index (χ0n) is 7.14. The molecule has 76 valence electrons. The maximum Gasteiger partial charge on any atom is 0.251 e. The average Bonchev–Trinajstić information content (AvgIpc) is 2.15. The van der Waals surface area contributed by atoms with Gasteiger partial charge in [0.2, 0.25) is 0 Å². The van der Waals surface area contributed by atoms with Crippen LogP contribution in [0.5, 0.6) is 0 Å². The highest BCUT2D eigenvalue weighted by Crippen LogP contribution is 2.10. The fourth-order valence-electron chi connectivity index (χ4n) is 0.873. The molecule has 0 aliphatic carbocycles. The molecule has 1 rings (SSSR count). The van der Waals surface area contributed by atoms with Crippen molar-refractivity contribution in [3.05, 3.63) is 34.3 Å². The van der Waals surface area contributed by atoms with Crippen LogP contribution in [0.3, 0.4) is 0 Å². The van der Waals surface area contributed by atoms with Gasteiger partial charge in [-0.2, -0.15) is 0 Å². The Morgan fingerprint density at radius 3 is 2.43 bits per heavy atom. The van der Waals surface area contributed by atoms with Gasteiger partial charge in [0.15, 0.2) is 0 Å². The summed E-state index contributed by atoms with van der Waals surface area (Å²) in [6.45, 7) is 0.248. The molecule has 0 spiro atoms. The van der Waals surface area contributed by atoms with Crippen molar-refractivity contribution >= 4 is 45.0 Å². The Morgan fingerprint density at radius 2 is 1.93 bits per heavy atom. The van der Waals surface area contributed by atoms with Gasteiger partial charge in [0.25, 0.3) is 5.91 Å². The van der Waals surface area contributed by atoms with E-state index in [2.05, 4.69) is 21.2 Å². The van der Waals surface area contributed by atoms with Gasteiger partial charge in [-0.3, -0.25) is 4.79 Å². The molecule has 0 saturated heterocycles. The van der Waals surface area contributed by atoms with E-state index in [4.69, 9.17) is 23.2 Å². The number of amides is 1. The minimum Gasteiger partial charge on any atom is -0.349 e. The van der Waals surface area contributed by atoms with Gasteiger partial charge in [0.1, 0.15) is 4.84 Å². The van der Waals surface area contributed by atoms with Crippen molar-refractivity contribution in [2.45, 2.75) is 4.84 Å². The van der Waals surface area contributed by atoms with E-state index in [0.717, 1.165) is 4.47 Å². The van der Waals surface area contributed by atoms with E-state index >= 15 is 0 Å². The molecular weight excluding hydrogens is 289 g/mol. The highest BCUT2D eigenvalue weighted by molar-refractivity contribution is 9.10. The number of rotatable bonds is 3. The third kappa shape index (κ3) is 3.86. The lowest BCUT2D eigenvalue weighted by atomic mass is 10.2. The summed E-state index contributed by atoms with van der Waals surface area (Å²) in [5.41, 5.74) is 0.585. The molecule has 0 aliphatic heterocycles. The standard InChI is InChI=1S/C9H8BrCl2NO/c10-7-3-1-6(2-4-7)9(14)13-5-8(11)12/h1-4,8H,5H2,(H,13,14). The molecule has 0 atom stereocenters. The van der Waals surface area contributed by atoms with Crippen molar-refractivity contribution < 1.29 is 4.79 Å². The molecule has 0 radical (unpaired) electrons. The van der Waals surface area contributed by atoms with Crippen LogP contribution in [0.15, 0.2) is 28.7 Å². The van der Waals surface area contributed by atoms with E-state index in [1.807, 2.05) is 0 Å². The summed E-state index contributed by atoms with van der Waals surface area (Å²) in [7, 11) is 0. The highest BCUT2D eigenvalue weighted by atomic mass is 79.9. The molecule has 0 bridgehead atoms. The van der Waals surface area contributed by atoms with Gasteiger partial charge < -0.3 is 5.32 Å². The smallest absolute Gasteiger partial charge is 0.251 e. The lowest BCUT2D eigenvalue weighted by Crippen LogP contribution is -2.27. The van der Waals surface area contributed by atoms with Gasteiger partial charge in [0, 0.05) is 16.6 Å². The van der Waals surface area contributed by atoms with Crippen LogP contribution >= 0.6 is 39.1 Å². The molecule has 1 aromatic carbocycles. The normalized spacial score (nSPS) is 10.3. The molecular formula is C9H8BrCl2NO. The van der Waals surface area contributed by atoms with E-state index < -0.39 is 4.84 Å². The summed E-state index contributed by atoms with van der Waals surface area (Å²) in [5, 5.41) is 2.60. The Morgan fingerprint density at radius 1 is 1.36 bits per heavy atom. The van der Waals surface area contributed by atoms with Crippen LogP contribution in [0.2, 0.25) is 0 Å². The van der Waals surface area contributed by atoms with Crippen molar-refractivity contribution in [3.63, 3.8) is 0 Å². The number of alkyl halides is 2. The number of halogens is 3. The molecule has 14 heavy (non-hydrogen) atoms. The molecule has 0 aromatic heterocycles. The monoisotopic (exact) mass is 295 g/mol. The zero-order valence-corrected chi connectivity index (χ0v) is 10.2. The minimum absolute atomic E-state index is 0.177. The predicted molar refractivity (Wildman–Crippen MR) is 62.0 cm³/mol. The molecule has 1 N–H and O–H groups in total. The van der Waals surface area contributed by atoms with Crippen molar-refractivity contribution in [1.29, 1.82) is 0 Å². The molecule has 0 heterocycles. The molecule has 2 nitrogen and oxygen atoms in total. The quantitative estimate of drug-likeness (QED) is 0.854. The first-order valence-corrected chi connectivity index (χ1v) is 5.58. The Hall–Kier alpha value is -0.250. The summed E-state index contributed by atoms with van der Waals surface area (Å²) in [5.74, 6) is -0.177. The third-order valence-electron chi connectivity index (χ3n) is 1.52. The number of hydrogen-bond acceptors (Lipinski definition) is 1. The van der Waals surface area contributed by atoms with E-state index in [-0.39, 0.29) is 12.5 Å². The number of benzene rings is 1. The number of nitrogens with one attached hydrogen (secondary N) is 1. The first kappa shape index (κ1) is 11.8. The molecule has 0 unspecified atom stereocenters. The Bertz CT molecular complexity index is 313. The largest absolute Gasteiger partial charge is 0.349 e. The van der Waals surface area contributed by atoms with E-state index in [1.165, 1.54) is 0 Å². The molecule has 0 saturated carbocycles. The molecule has 0 aliphatic rings. The van der Waals surface area contributed by atoms with Crippen LogP contribution in [-0.4, -0.2) is 17.3 Å². The number of hydrogen-bond donors (Lipinski definition) is 1. The Balaban J connectivity index is 2.57. The minimum atomic E-state index is -0.575. The summed E-state index contributed by atoms with van der Waals surface area (Å²) in [4.78, 5) is 10.8. The Labute approximate surface area is 101 Å². The van der Waals surface area contributed by atoms with Gasteiger partial charge in [-0.05, 0) is 24.3 Å². The van der Waals surface area contributed by atoms with Gasteiger partial charge in [-0.15, -0.1) is 23.2 Å². The predicted octanol–water partition coefficient (Wildman–Crippen LogP) is 2.98. The third-order valence-corrected chi connectivity index (χ3v) is 2.36. The summed E-state index contributed by atoms with van der Waals surface area (Å²) in [6.07, 6.45) is 0. The van der Waals surface area contributed by atoms with E-state index in [0.29, 0.717) is 5.56 Å². The second-order valence-corrected chi connectivity index (χ2v) is 4.80. The van der Waals surface area contributed by atoms with E-state index in [1.54, 1.807) is 24.3 Å². The van der Waals surface area contributed by atoms with Crippen LogP contribution in [0.25, 0.3) is 0 Å². The summed E-state index contributed by atoms with van der Waals surface area (Å²) in [6, 6.07) is 7.04. The topological polar surface area (TPSA) is 29.1 Å². The first-order chi connectivity index (χ1) is 6.59. The average molecular weight is 297 g/mol. The fraction of sp³-hybridized carbons (Fsp3) is 0.222. The van der Waals surface area contributed by atoms with Crippen molar-refractivity contribution in [1.82, 2.24) is 5.32 Å². The molecule has 1 aromatic rings. The van der Waals surface area contributed by atoms with Crippen LogP contribution in [-0.2, 0) is 0 Å². The molecule has 0 fully saturated rings. The van der Waals surface area contributed by atoms with E-state index in [9.17, 15) is 4.79 Å². The fourth-order valence-corrected chi connectivity index (χ4v) is 1.29. The second kappa shape index (κ2) is 5.59. The lowest BCUT2D eigenvalue weighted by molar-refractivity contribution is 0.0955. The van der Waals surface area contributed by atoms with Crippen molar-refractivity contribution in [2.24, 2.45) is 0 Å². The van der Waals surface area contributed by atoms with Gasteiger partial charge in [0.05, 0.1) is 0 Å². The zero-order chi connectivity index (χ0) is 10.6. The first-order valence-electron chi connectivity index (χ1n) is 3.91. The summed E-state index contributed by atoms with van der Waals surface area (Å²) >= 11 is 14.2. The number of carbonyl (C=O) groups excluding carboxylic acids is 1.